The molecule has 0 heterocycles. The monoisotopic (exact) mass is 268 g/mol. The molecule has 0 aromatic carbocycles. The van der Waals surface area contributed by atoms with Gasteiger partial charge in [0.15, 0.2) is 0 Å². The van der Waals surface area contributed by atoms with Crippen molar-refractivity contribution in [2.24, 2.45) is 0 Å². The van der Waals surface area contributed by atoms with Gasteiger partial charge in [-0.15, -0.1) is 0 Å². The Labute approximate surface area is 114 Å². The fourth-order valence-corrected chi connectivity index (χ4v) is 1.68. The van der Waals surface area contributed by atoms with Crippen molar-refractivity contribution in [3.8, 4) is 0 Å². The van der Waals surface area contributed by atoms with E-state index in [1.165, 1.54) is 6.92 Å². The Morgan fingerprint density at radius 3 is 1.53 bits per heavy atom. The van der Waals surface area contributed by atoms with E-state index in [9.17, 15) is 19.2 Å². The van der Waals surface area contributed by atoms with Crippen LogP contribution in [0.25, 0.3) is 0 Å². The zero-order valence-corrected chi connectivity index (χ0v) is 12.0. The average Bonchev–Trinajstić information content (AvgIpc) is 2.38. The first kappa shape index (κ1) is 17.7. The first-order valence-electron chi connectivity index (χ1n) is 7.00. The summed E-state index contributed by atoms with van der Waals surface area (Å²) in [7, 11) is 0. The molecular formula is C15H24O4. The third kappa shape index (κ3) is 11.5. The molecule has 0 spiro atoms. The lowest BCUT2D eigenvalue weighted by atomic mass is 10.0. The predicted octanol–water partition coefficient (Wildman–Crippen LogP) is 2.81. The number of hydrogen-bond donors (Lipinski definition) is 0. The van der Waals surface area contributed by atoms with Crippen LogP contribution in [-0.2, 0) is 19.2 Å². The second kappa shape index (κ2) is 10.6. The van der Waals surface area contributed by atoms with E-state index in [1.807, 2.05) is 0 Å². The minimum Gasteiger partial charge on any atom is -0.300 e. The molecule has 0 radical (unpaired) electrons. The molecule has 0 bridgehead atoms. The van der Waals surface area contributed by atoms with Crippen molar-refractivity contribution in [3.63, 3.8) is 0 Å². The van der Waals surface area contributed by atoms with E-state index < -0.39 is 0 Å². The van der Waals surface area contributed by atoms with Crippen molar-refractivity contribution >= 4 is 23.1 Å². The Balaban J connectivity index is 3.58. The summed E-state index contributed by atoms with van der Waals surface area (Å²) in [6, 6.07) is 0. The van der Waals surface area contributed by atoms with Gasteiger partial charge >= 0.3 is 0 Å². The van der Waals surface area contributed by atoms with Crippen molar-refractivity contribution in [3.05, 3.63) is 0 Å². The molecule has 0 fully saturated rings. The van der Waals surface area contributed by atoms with Gasteiger partial charge in [0, 0.05) is 44.9 Å². The summed E-state index contributed by atoms with van der Waals surface area (Å²) in [4.78, 5) is 44.7. The fraction of sp³-hybridized carbons (Fsp3) is 0.733. The predicted molar refractivity (Wildman–Crippen MR) is 72.9 cm³/mol. The zero-order valence-electron chi connectivity index (χ0n) is 12.0. The smallest absolute Gasteiger partial charge is 0.133 e. The number of ketones is 4. The molecule has 19 heavy (non-hydrogen) atoms. The van der Waals surface area contributed by atoms with Crippen molar-refractivity contribution in [1.82, 2.24) is 0 Å². The molecule has 0 aliphatic carbocycles. The van der Waals surface area contributed by atoms with Crippen LogP contribution in [-0.4, -0.2) is 23.1 Å². The Morgan fingerprint density at radius 1 is 0.632 bits per heavy atom. The van der Waals surface area contributed by atoms with E-state index in [4.69, 9.17) is 0 Å². The van der Waals surface area contributed by atoms with Crippen LogP contribution in [0.1, 0.15) is 71.6 Å². The van der Waals surface area contributed by atoms with E-state index in [0.29, 0.717) is 32.1 Å². The third-order valence-corrected chi connectivity index (χ3v) is 2.99. The molecule has 0 unspecified atom stereocenters. The van der Waals surface area contributed by atoms with Crippen molar-refractivity contribution in [1.29, 1.82) is 0 Å². The van der Waals surface area contributed by atoms with Gasteiger partial charge in [-0.1, -0.05) is 6.92 Å². The number of rotatable bonds is 12. The van der Waals surface area contributed by atoms with Crippen LogP contribution in [0.15, 0.2) is 0 Å². The maximum absolute atomic E-state index is 11.5. The van der Waals surface area contributed by atoms with Gasteiger partial charge in [0.1, 0.15) is 23.1 Å². The number of hydrogen-bond acceptors (Lipinski definition) is 4. The van der Waals surface area contributed by atoms with E-state index in [2.05, 4.69) is 0 Å². The summed E-state index contributed by atoms with van der Waals surface area (Å²) in [6.45, 7) is 3.31. The molecule has 0 rings (SSSR count). The highest BCUT2D eigenvalue weighted by Gasteiger charge is 2.09. The molecule has 0 aromatic heterocycles. The number of carbonyl (C=O) groups excluding carboxylic acids is 4. The maximum Gasteiger partial charge on any atom is 0.133 e. The summed E-state index contributed by atoms with van der Waals surface area (Å²) in [5.74, 6) is 0.282. The van der Waals surface area contributed by atoms with Gasteiger partial charge in [0.05, 0.1) is 0 Å². The van der Waals surface area contributed by atoms with Gasteiger partial charge in [-0.3, -0.25) is 14.4 Å². The fourth-order valence-electron chi connectivity index (χ4n) is 1.68. The molecule has 4 heteroatoms. The van der Waals surface area contributed by atoms with E-state index >= 15 is 0 Å². The molecule has 0 aliphatic rings. The Morgan fingerprint density at radius 2 is 1.05 bits per heavy atom. The highest BCUT2D eigenvalue weighted by molar-refractivity contribution is 5.89. The lowest BCUT2D eigenvalue weighted by molar-refractivity contribution is -0.126. The van der Waals surface area contributed by atoms with Crippen LogP contribution >= 0.6 is 0 Å². The maximum atomic E-state index is 11.5. The molecule has 0 atom stereocenters. The Bertz CT molecular complexity index is 331. The first-order valence-corrected chi connectivity index (χ1v) is 7.00. The van der Waals surface area contributed by atoms with Gasteiger partial charge in [-0.25, -0.2) is 0 Å². The quantitative estimate of drug-likeness (QED) is 0.510. The second-order valence-electron chi connectivity index (χ2n) is 4.88. The molecule has 0 saturated carbocycles. The Kier molecular flexibility index (Phi) is 9.85. The zero-order chi connectivity index (χ0) is 14.7. The van der Waals surface area contributed by atoms with Crippen LogP contribution in [0.4, 0.5) is 0 Å². The van der Waals surface area contributed by atoms with Crippen LogP contribution < -0.4 is 0 Å². The van der Waals surface area contributed by atoms with E-state index in [0.717, 1.165) is 6.42 Å². The van der Waals surface area contributed by atoms with Crippen LogP contribution in [0, 0.1) is 0 Å². The molecule has 4 nitrogen and oxygen atoms in total. The molecule has 0 amide bonds. The minimum absolute atomic E-state index is 0.0149. The van der Waals surface area contributed by atoms with Gasteiger partial charge in [0.2, 0.25) is 0 Å². The van der Waals surface area contributed by atoms with Crippen molar-refractivity contribution < 1.29 is 19.2 Å². The third-order valence-electron chi connectivity index (χ3n) is 2.99. The summed E-state index contributed by atoms with van der Waals surface area (Å²) in [5, 5.41) is 0. The van der Waals surface area contributed by atoms with Gasteiger partial charge < -0.3 is 4.79 Å². The highest BCUT2D eigenvalue weighted by Crippen LogP contribution is 2.07. The summed E-state index contributed by atoms with van der Waals surface area (Å²) >= 11 is 0. The topological polar surface area (TPSA) is 68.3 Å². The highest BCUT2D eigenvalue weighted by atomic mass is 16.1. The normalized spacial score (nSPS) is 10.2. The minimum atomic E-state index is -0.0149. The SMILES string of the molecule is CCC(=O)CCC(=O)CCC(=O)CCCCC(C)=O. The molecule has 0 saturated heterocycles. The molecule has 0 N–H and O–H groups in total. The summed E-state index contributed by atoms with van der Waals surface area (Å²) in [5.41, 5.74) is 0. The number of carbonyl (C=O) groups is 4. The molecular weight excluding hydrogens is 244 g/mol. The summed E-state index contributed by atoms with van der Waals surface area (Å²) < 4.78 is 0. The van der Waals surface area contributed by atoms with Gasteiger partial charge in [-0.05, 0) is 19.8 Å². The summed E-state index contributed by atoms with van der Waals surface area (Å²) in [6.07, 6.45) is 3.91. The van der Waals surface area contributed by atoms with Crippen LogP contribution in [0.2, 0.25) is 0 Å². The van der Waals surface area contributed by atoms with Crippen LogP contribution in [0.3, 0.4) is 0 Å². The van der Waals surface area contributed by atoms with E-state index in [1.54, 1.807) is 6.92 Å². The van der Waals surface area contributed by atoms with E-state index in [-0.39, 0.29) is 42.4 Å². The second-order valence-corrected chi connectivity index (χ2v) is 4.88. The first-order chi connectivity index (χ1) is 8.95. The lowest BCUT2D eigenvalue weighted by Crippen LogP contribution is -2.06. The van der Waals surface area contributed by atoms with Crippen molar-refractivity contribution in [2.75, 3.05) is 0 Å². The lowest BCUT2D eigenvalue weighted by Gasteiger charge is -2.01. The number of unbranched alkanes of at least 4 members (excludes halogenated alkanes) is 1. The van der Waals surface area contributed by atoms with Gasteiger partial charge in [0.25, 0.3) is 0 Å². The molecule has 0 aromatic rings. The Hall–Kier alpha value is -1.32. The average molecular weight is 268 g/mol. The molecule has 0 aliphatic heterocycles. The van der Waals surface area contributed by atoms with Gasteiger partial charge in [-0.2, -0.15) is 0 Å². The van der Waals surface area contributed by atoms with Crippen LogP contribution in [0.5, 0.6) is 0 Å². The standard InChI is InChI=1S/C15H24O4/c1-3-13(17)8-9-15(19)11-10-14(18)7-5-4-6-12(2)16/h3-11H2,1-2H3. The number of Topliss-reactive ketones (excluding diaryl/α,β-unsaturated/α-hetero) is 4. The largest absolute Gasteiger partial charge is 0.300 e. The molecule has 108 valence electrons. The van der Waals surface area contributed by atoms with Crippen molar-refractivity contribution in [2.45, 2.75) is 71.6 Å².